The van der Waals surface area contributed by atoms with Gasteiger partial charge >= 0.3 is 5.97 Å². The summed E-state index contributed by atoms with van der Waals surface area (Å²) in [4.78, 5) is 10.3. The molecule has 0 spiro atoms. The number of aliphatic carboxylic acids is 1. The lowest BCUT2D eigenvalue weighted by atomic mass is 10.00. The van der Waals surface area contributed by atoms with Crippen LogP contribution in [0.15, 0.2) is 0 Å². The highest BCUT2D eigenvalue weighted by Crippen LogP contribution is 2.43. The summed E-state index contributed by atoms with van der Waals surface area (Å²) < 4.78 is -0.0720. The van der Waals surface area contributed by atoms with E-state index in [0.717, 1.165) is 32.1 Å². The molecule has 0 aromatic carbocycles. The average molecular weight is 234 g/mol. The standard InChI is InChI=1S/C10H18O2S2/c11-9(12)4-2-1-3-8-5-6-10(13,14)7-8/h8,13-14H,1-7H2,(H,11,12)/t8-/m0/s1. The van der Waals surface area contributed by atoms with E-state index >= 15 is 0 Å². The molecule has 1 N–H and O–H groups in total. The molecule has 4 heteroatoms. The first kappa shape index (κ1) is 12.2. The van der Waals surface area contributed by atoms with Crippen LogP contribution in [0.5, 0.6) is 0 Å². The summed E-state index contributed by atoms with van der Waals surface area (Å²) in [6.45, 7) is 0. The average Bonchev–Trinajstić information content (AvgIpc) is 2.39. The van der Waals surface area contributed by atoms with Crippen LogP contribution in [0.1, 0.15) is 44.9 Å². The molecular weight excluding hydrogens is 216 g/mol. The minimum absolute atomic E-state index is 0.0720. The molecule has 0 amide bonds. The van der Waals surface area contributed by atoms with Crippen LogP contribution in [-0.2, 0) is 4.79 Å². The number of hydrogen-bond donors (Lipinski definition) is 3. The summed E-state index contributed by atoms with van der Waals surface area (Å²) >= 11 is 8.91. The van der Waals surface area contributed by atoms with E-state index in [4.69, 9.17) is 5.11 Å². The Morgan fingerprint density at radius 2 is 2.14 bits per heavy atom. The van der Waals surface area contributed by atoms with Gasteiger partial charge in [0.25, 0.3) is 0 Å². The molecule has 0 bridgehead atoms. The number of carbonyl (C=O) groups is 1. The molecule has 0 aromatic heterocycles. The van der Waals surface area contributed by atoms with Crippen LogP contribution >= 0.6 is 25.3 Å². The van der Waals surface area contributed by atoms with Gasteiger partial charge < -0.3 is 5.11 Å². The third-order valence-electron chi connectivity index (χ3n) is 2.82. The molecule has 0 aromatic rings. The molecule has 2 nitrogen and oxygen atoms in total. The molecule has 1 aliphatic carbocycles. The van der Waals surface area contributed by atoms with Gasteiger partial charge in [-0.25, -0.2) is 0 Å². The van der Waals surface area contributed by atoms with E-state index in [-0.39, 0.29) is 4.08 Å². The lowest BCUT2D eigenvalue weighted by Gasteiger charge is -2.14. The Morgan fingerprint density at radius 3 is 2.64 bits per heavy atom. The van der Waals surface area contributed by atoms with E-state index in [2.05, 4.69) is 25.3 Å². The maximum atomic E-state index is 10.3. The van der Waals surface area contributed by atoms with Crippen LogP contribution in [0, 0.1) is 5.92 Å². The van der Waals surface area contributed by atoms with Crippen molar-refractivity contribution in [3.8, 4) is 0 Å². The van der Waals surface area contributed by atoms with E-state index in [0.29, 0.717) is 12.3 Å². The van der Waals surface area contributed by atoms with Crippen LogP contribution in [-0.4, -0.2) is 15.2 Å². The second kappa shape index (κ2) is 5.31. The molecule has 14 heavy (non-hydrogen) atoms. The predicted octanol–water partition coefficient (Wildman–Crippen LogP) is 2.99. The fourth-order valence-corrected chi connectivity index (χ4v) is 2.83. The first-order valence-corrected chi connectivity index (χ1v) is 6.05. The van der Waals surface area contributed by atoms with Crippen molar-refractivity contribution in [1.29, 1.82) is 0 Å². The topological polar surface area (TPSA) is 37.3 Å². The molecule has 0 saturated heterocycles. The first-order valence-electron chi connectivity index (χ1n) is 5.16. The molecule has 1 saturated carbocycles. The molecule has 0 aliphatic heterocycles. The Hall–Kier alpha value is 0.170. The van der Waals surface area contributed by atoms with Crippen molar-refractivity contribution in [1.82, 2.24) is 0 Å². The summed E-state index contributed by atoms with van der Waals surface area (Å²) in [6.07, 6.45) is 6.59. The third-order valence-corrected chi connectivity index (χ3v) is 3.63. The van der Waals surface area contributed by atoms with Crippen LogP contribution in [0.4, 0.5) is 0 Å². The highest BCUT2D eigenvalue weighted by Gasteiger charge is 2.32. The Labute approximate surface area is 96.3 Å². The maximum Gasteiger partial charge on any atom is 0.303 e. The molecule has 0 radical (unpaired) electrons. The fourth-order valence-electron chi connectivity index (χ4n) is 2.06. The number of unbranched alkanes of at least 4 members (excludes halogenated alkanes) is 1. The normalized spacial score (nSPS) is 25.1. The van der Waals surface area contributed by atoms with Crippen molar-refractivity contribution in [2.45, 2.75) is 49.0 Å². The molecule has 1 atom stereocenters. The number of rotatable bonds is 5. The Kier molecular flexibility index (Phi) is 4.64. The zero-order valence-corrected chi connectivity index (χ0v) is 10.1. The largest absolute Gasteiger partial charge is 0.481 e. The van der Waals surface area contributed by atoms with Gasteiger partial charge in [0.15, 0.2) is 0 Å². The van der Waals surface area contributed by atoms with Gasteiger partial charge in [-0.1, -0.05) is 12.8 Å². The van der Waals surface area contributed by atoms with E-state index in [1.54, 1.807) is 0 Å². The summed E-state index contributed by atoms with van der Waals surface area (Å²) in [5.74, 6) is 0.0213. The zero-order chi connectivity index (χ0) is 10.6. The monoisotopic (exact) mass is 234 g/mol. The van der Waals surface area contributed by atoms with E-state index in [1.807, 2.05) is 0 Å². The smallest absolute Gasteiger partial charge is 0.303 e. The van der Waals surface area contributed by atoms with Crippen molar-refractivity contribution in [2.24, 2.45) is 5.92 Å². The summed E-state index contributed by atoms with van der Waals surface area (Å²) in [7, 11) is 0. The first-order chi connectivity index (χ1) is 6.49. The second-order valence-corrected chi connectivity index (χ2v) is 6.30. The Morgan fingerprint density at radius 1 is 1.43 bits per heavy atom. The lowest BCUT2D eigenvalue weighted by Crippen LogP contribution is -2.06. The highest BCUT2D eigenvalue weighted by atomic mass is 32.2. The third kappa shape index (κ3) is 4.60. The van der Waals surface area contributed by atoms with Crippen LogP contribution in [0.3, 0.4) is 0 Å². The fraction of sp³-hybridized carbons (Fsp3) is 0.900. The number of carboxylic acid groups (broad SMARTS) is 1. The summed E-state index contributed by atoms with van der Waals surface area (Å²) in [5.41, 5.74) is 0. The zero-order valence-electron chi connectivity index (χ0n) is 8.28. The maximum absolute atomic E-state index is 10.3. The quantitative estimate of drug-likeness (QED) is 0.388. The van der Waals surface area contributed by atoms with Gasteiger partial charge in [0, 0.05) is 6.42 Å². The Balaban J connectivity index is 2.06. The molecule has 1 aliphatic rings. The van der Waals surface area contributed by atoms with Gasteiger partial charge in [-0.15, -0.1) is 0 Å². The van der Waals surface area contributed by atoms with Crippen molar-refractivity contribution < 1.29 is 9.90 Å². The van der Waals surface area contributed by atoms with Crippen molar-refractivity contribution in [3.05, 3.63) is 0 Å². The minimum Gasteiger partial charge on any atom is -0.481 e. The van der Waals surface area contributed by atoms with E-state index < -0.39 is 5.97 Å². The summed E-state index contributed by atoms with van der Waals surface area (Å²) in [6, 6.07) is 0. The van der Waals surface area contributed by atoms with Gasteiger partial charge in [-0.3, -0.25) is 4.79 Å². The van der Waals surface area contributed by atoms with Gasteiger partial charge in [-0.05, 0) is 31.6 Å². The van der Waals surface area contributed by atoms with Crippen molar-refractivity contribution >= 4 is 31.2 Å². The van der Waals surface area contributed by atoms with Crippen molar-refractivity contribution in [2.75, 3.05) is 0 Å². The molecule has 82 valence electrons. The summed E-state index contributed by atoms with van der Waals surface area (Å²) in [5, 5.41) is 8.46. The molecule has 0 heterocycles. The SMILES string of the molecule is O=C(O)CCCC[C@H]1CCC(S)(S)C1. The van der Waals surface area contributed by atoms with Gasteiger partial charge in [-0.2, -0.15) is 25.3 Å². The number of thiol groups is 2. The van der Waals surface area contributed by atoms with Crippen LogP contribution in [0.2, 0.25) is 0 Å². The van der Waals surface area contributed by atoms with Crippen LogP contribution < -0.4 is 0 Å². The minimum atomic E-state index is -0.686. The number of hydrogen-bond acceptors (Lipinski definition) is 3. The van der Waals surface area contributed by atoms with Gasteiger partial charge in [0.05, 0.1) is 4.08 Å². The highest BCUT2D eigenvalue weighted by molar-refractivity contribution is 8.00. The second-order valence-electron chi connectivity index (χ2n) is 4.23. The molecule has 1 rings (SSSR count). The molecule has 1 fully saturated rings. The van der Waals surface area contributed by atoms with E-state index in [9.17, 15) is 4.79 Å². The number of carboxylic acids is 1. The van der Waals surface area contributed by atoms with Crippen LogP contribution in [0.25, 0.3) is 0 Å². The molecule has 0 unspecified atom stereocenters. The Bertz CT molecular complexity index is 204. The van der Waals surface area contributed by atoms with Crippen molar-refractivity contribution in [3.63, 3.8) is 0 Å². The van der Waals surface area contributed by atoms with E-state index in [1.165, 1.54) is 6.42 Å². The predicted molar refractivity (Wildman–Crippen MR) is 64.1 cm³/mol. The van der Waals surface area contributed by atoms with Gasteiger partial charge in [0.2, 0.25) is 0 Å². The molecular formula is C10H18O2S2. The van der Waals surface area contributed by atoms with Gasteiger partial charge in [0.1, 0.15) is 0 Å². The lowest BCUT2D eigenvalue weighted by molar-refractivity contribution is -0.137.